The topological polar surface area (TPSA) is 52.1 Å². The van der Waals surface area contributed by atoms with Crippen LogP contribution >= 0.6 is 24.0 Å². The molecule has 3 aliphatic rings. The molecule has 0 aromatic heterocycles. The molecule has 2 unspecified atom stereocenters. The molecule has 0 bridgehead atoms. The van der Waals surface area contributed by atoms with E-state index in [0.717, 1.165) is 51.4 Å². The third-order valence-electron chi connectivity index (χ3n) is 5.81. The van der Waals surface area contributed by atoms with Crippen molar-refractivity contribution in [1.82, 2.24) is 20.4 Å². The molecule has 25 heavy (non-hydrogen) atoms. The van der Waals surface area contributed by atoms with Crippen LogP contribution in [0.1, 0.15) is 33.6 Å². The van der Waals surface area contributed by atoms with Crippen LogP contribution in [0.15, 0.2) is 4.99 Å². The molecule has 1 saturated carbocycles. The van der Waals surface area contributed by atoms with E-state index in [0.29, 0.717) is 12.0 Å². The fourth-order valence-corrected chi connectivity index (χ4v) is 3.88. The summed E-state index contributed by atoms with van der Waals surface area (Å²) in [6.07, 6.45) is 2.78. The lowest BCUT2D eigenvalue weighted by Gasteiger charge is -2.41. The number of guanidine groups is 1. The largest absolute Gasteiger partial charge is 0.379 e. The minimum Gasteiger partial charge on any atom is -0.379 e. The Morgan fingerprint density at radius 3 is 2.48 bits per heavy atom. The Morgan fingerprint density at radius 2 is 1.88 bits per heavy atom. The fraction of sp³-hybridized carbons (Fsp3) is 0.944. The predicted molar refractivity (Wildman–Crippen MR) is 114 cm³/mol. The van der Waals surface area contributed by atoms with Crippen LogP contribution < -0.4 is 10.6 Å². The van der Waals surface area contributed by atoms with E-state index in [4.69, 9.17) is 4.74 Å². The van der Waals surface area contributed by atoms with Gasteiger partial charge in [0, 0.05) is 57.4 Å². The minimum absolute atomic E-state index is 0. The number of hydrogen-bond donors (Lipinski definition) is 2. The number of hydrogen-bond acceptors (Lipinski definition) is 4. The Bertz CT molecular complexity index is 449. The Morgan fingerprint density at radius 1 is 1.20 bits per heavy atom. The van der Waals surface area contributed by atoms with Crippen molar-refractivity contribution in [3.63, 3.8) is 0 Å². The number of nitrogens with zero attached hydrogens (tertiary/aromatic N) is 3. The zero-order valence-corrected chi connectivity index (χ0v) is 18.6. The molecule has 0 amide bonds. The maximum Gasteiger partial charge on any atom is 0.191 e. The zero-order chi connectivity index (χ0) is 17.2. The van der Waals surface area contributed by atoms with E-state index in [9.17, 15) is 0 Å². The Balaban J connectivity index is 0.00000225. The van der Waals surface area contributed by atoms with E-state index >= 15 is 0 Å². The van der Waals surface area contributed by atoms with Gasteiger partial charge in [0.15, 0.2) is 5.96 Å². The van der Waals surface area contributed by atoms with Crippen LogP contribution in [0, 0.1) is 5.92 Å². The van der Waals surface area contributed by atoms with Crippen molar-refractivity contribution in [2.24, 2.45) is 10.9 Å². The number of aliphatic imine (C=N–C) groups is 1. The highest BCUT2D eigenvalue weighted by molar-refractivity contribution is 14.0. The standard InChI is InChI=1S/C18H35N5O.HI/c1-14-11-22(15-5-6-15)12-16(14)21-17(19-4)20-13-18(2,3)23-7-9-24-10-8-23;/h14-16H,5-13H2,1-4H3,(H2,19,20,21);1H. The summed E-state index contributed by atoms with van der Waals surface area (Å²) in [6.45, 7) is 13.9. The van der Waals surface area contributed by atoms with Crippen LogP contribution in [0.4, 0.5) is 0 Å². The van der Waals surface area contributed by atoms with Gasteiger partial charge in [0.05, 0.1) is 13.2 Å². The van der Waals surface area contributed by atoms with Crippen LogP contribution in [-0.2, 0) is 4.74 Å². The first-order chi connectivity index (χ1) is 11.5. The second-order valence-corrected chi connectivity index (χ2v) is 8.25. The van der Waals surface area contributed by atoms with E-state index in [1.165, 1.54) is 19.4 Å². The van der Waals surface area contributed by atoms with E-state index in [1.54, 1.807) is 0 Å². The molecule has 1 aliphatic carbocycles. The van der Waals surface area contributed by atoms with E-state index < -0.39 is 0 Å². The molecule has 2 atom stereocenters. The van der Waals surface area contributed by atoms with Crippen molar-refractivity contribution in [2.75, 3.05) is 53.0 Å². The third kappa shape index (κ3) is 5.68. The molecule has 2 aliphatic heterocycles. The van der Waals surface area contributed by atoms with E-state index in [2.05, 4.69) is 46.2 Å². The lowest BCUT2D eigenvalue weighted by atomic mass is 10.0. The van der Waals surface area contributed by atoms with Gasteiger partial charge in [-0.25, -0.2) is 0 Å². The fourth-order valence-electron chi connectivity index (χ4n) is 3.88. The van der Waals surface area contributed by atoms with Crippen LogP contribution in [0.5, 0.6) is 0 Å². The number of morpholine rings is 1. The first-order valence-corrected chi connectivity index (χ1v) is 9.53. The van der Waals surface area contributed by atoms with Crippen molar-refractivity contribution in [2.45, 2.75) is 51.2 Å². The summed E-state index contributed by atoms with van der Waals surface area (Å²) in [6, 6.07) is 1.36. The van der Waals surface area contributed by atoms with Gasteiger partial charge in [0.1, 0.15) is 0 Å². The van der Waals surface area contributed by atoms with Crippen LogP contribution in [0.2, 0.25) is 0 Å². The highest BCUT2D eigenvalue weighted by Crippen LogP contribution is 2.31. The second kappa shape index (κ2) is 9.19. The van der Waals surface area contributed by atoms with Gasteiger partial charge >= 0.3 is 0 Å². The smallest absolute Gasteiger partial charge is 0.191 e. The van der Waals surface area contributed by atoms with E-state index in [-0.39, 0.29) is 29.5 Å². The molecule has 2 heterocycles. The average molecular weight is 465 g/mol. The summed E-state index contributed by atoms with van der Waals surface area (Å²) in [5.41, 5.74) is 0.0999. The van der Waals surface area contributed by atoms with Crippen LogP contribution in [0.3, 0.4) is 0 Å². The maximum atomic E-state index is 5.47. The maximum absolute atomic E-state index is 5.47. The molecule has 2 saturated heterocycles. The second-order valence-electron chi connectivity index (χ2n) is 8.25. The highest BCUT2D eigenvalue weighted by atomic mass is 127. The van der Waals surface area contributed by atoms with Gasteiger partial charge in [-0.15, -0.1) is 24.0 Å². The molecule has 0 aromatic carbocycles. The highest BCUT2D eigenvalue weighted by Gasteiger charge is 2.38. The molecule has 0 spiro atoms. The lowest BCUT2D eigenvalue weighted by Crippen LogP contribution is -2.57. The lowest BCUT2D eigenvalue weighted by molar-refractivity contribution is -0.00835. The Kier molecular flexibility index (Phi) is 7.79. The van der Waals surface area contributed by atoms with Gasteiger partial charge in [-0.05, 0) is 32.6 Å². The molecule has 0 radical (unpaired) electrons. The third-order valence-corrected chi connectivity index (χ3v) is 5.81. The van der Waals surface area contributed by atoms with Gasteiger partial charge in [0.2, 0.25) is 0 Å². The number of ether oxygens (including phenoxy) is 1. The molecule has 146 valence electrons. The van der Waals surface area contributed by atoms with Gasteiger partial charge in [-0.1, -0.05) is 6.92 Å². The van der Waals surface area contributed by atoms with Crippen LogP contribution in [0.25, 0.3) is 0 Å². The predicted octanol–water partition coefficient (Wildman–Crippen LogP) is 1.36. The summed E-state index contributed by atoms with van der Waals surface area (Å²) in [5, 5.41) is 7.21. The molecular weight excluding hydrogens is 429 g/mol. The van der Waals surface area contributed by atoms with Crippen molar-refractivity contribution < 1.29 is 4.74 Å². The molecular formula is C18H36IN5O. The summed E-state index contributed by atoms with van der Waals surface area (Å²) in [5.74, 6) is 1.61. The van der Waals surface area contributed by atoms with Crippen LogP contribution in [-0.4, -0.2) is 86.4 Å². The van der Waals surface area contributed by atoms with Gasteiger partial charge < -0.3 is 15.4 Å². The van der Waals surface area contributed by atoms with Crippen molar-refractivity contribution in [3.8, 4) is 0 Å². The first-order valence-electron chi connectivity index (χ1n) is 9.53. The quantitative estimate of drug-likeness (QED) is 0.365. The van der Waals surface area contributed by atoms with E-state index in [1.807, 2.05) is 7.05 Å². The molecule has 6 nitrogen and oxygen atoms in total. The first kappa shape index (κ1) is 21.2. The summed E-state index contributed by atoms with van der Waals surface area (Å²) < 4.78 is 5.47. The SMILES string of the molecule is CN=C(NCC(C)(C)N1CCOCC1)NC1CN(C2CC2)CC1C.I. The van der Waals surface area contributed by atoms with Crippen molar-refractivity contribution in [3.05, 3.63) is 0 Å². The van der Waals surface area contributed by atoms with Gasteiger partial charge in [-0.2, -0.15) is 0 Å². The number of halogens is 1. The normalized spacial score (nSPS) is 29.4. The summed E-state index contributed by atoms with van der Waals surface area (Å²) in [4.78, 5) is 9.60. The molecule has 2 N–H and O–H groups in total. The molecule has 3 rings (SSSR count). The van der Waals surface area contributed by atoms with Gasteiger partial charge in [-0.3, -0.25) is 14.8 Å². The monoisotopic (exact) mass is 465 g/mol. The number of likely N-dealkylation sites (tertiary alicyclic amines) is 1. The average Bonchev–Trinajstić information content (AvgIpc) is 3.37. The molecule has 3 fully saturated rings. The molecule has 0 aromatic rings. The minimum atomic E-state index is 0. The number of nitrogens with one attached hydrogen (secondary N) is 2. The summed E-state index contributed by atoms with van der Waals surface area (Å²) in [7, 11) is 1.87. The molecule has 7 heteroatoms. The zero-order valence-electron chi connectivity index (χ0n) is 16.3. The summed E-state index contributed by atoms with van der Waals surface area (Å²) >= 11 is 0. The Hall–Kier alpha value is -0.120. The Labute approximate surface area is 170 Å². The van der Waals surface area contributed by atoms with Crippen molar-refractivity contribution >= 4 is 29.9 Å². The number of rotatable bonds is 5. The van der Waals surface area contributed by atoms with Crippen molar-refractivity contribution in [1.29, 1.82) is 0 Å². The van der Waals surface area contributed by atoms with Gasteiger partial charge in [0.25, 0.3) is 0 Å².